The van der Waals surface area contributed by atoms with Gasteiger partial charge in [0.15, 0.2) is 5.43 Å². The molecule has 3 aromatic rings. The first-order valence-corrected chi connectivity index (χ1v) is 7.58. The van der Waals surface area contributed by atoms with Crippen molar-refractivity contribution in [1.82, 2.24) is 0 Å². The molecular formula is C16H13ClO2S. The number of benzene rings is 2. The molecule has 102 valence electrons. The Balaban J connectivity index is 2.46. The second kappa shape index (κ2) is 5.08. The van der Waals surface area contributed by atoms with E-state index in [4.69, 9.17) is 16.3 Å². The predicted octanol–water partition coefficient (Wildman–Crippen LogP) is 4.86. The minimum absolute atomic E-state index is 0.0337. The van der Waals surface area contributed by atoms with Crippen LogP contribution in [0.1, 0.15) is 13.8 Å². The molecule has 0 saturated carbocycles. The molecule has 0 unspecified atom stereocenters. The van der Waals surface area contributed by atoms with E-state index in [1.165, 1.54) is 11.3 Å². The van der Waals surface area contributed by atoms with Crippen molar-refractivity contribution in [1.29, 1.82) is 0 Å². The van der Waals surface area contributed by atoms with Crippen LogP contribution in [0.15, 0.2) is 41.2 Å². The van der Waals surface area contributed by atoms with Crippen LogP contribution in [0.25, 0.3) is 20.2 Å². The minimum Gasteiger partial charge on any atom is -0.490 e. The summed E-state index contributed by atoms with van der Waals surface area (Å²) >= 11 is 7.76. The van der Waals surface area contributed by atoms with Gasteiger partial charge in [-0.2, -0.15) is 0 Å². The van der Waals surface area contributed by atoms with Crippen LogP contribution >= 0.6 is 22.9 Å². The molecule has 1 heterocycles. The van der Waals surface area contributed by atoms with Gasteiger partial charge in [0.25, 0.3) is 0 Å². The lowest BCUT2D eigenvalue weighted by Gasteiger charge is -2.13. The molecule has 2 aromatic carbocycles. The van der Waals surface area contributed by atoms with Crippen LogP contribution in [0, 0.1) is 0 Å². The zero-order valence-electron chi connectivity index (χ0n) is 11.1. The van der Waals surface area contributed by atoms with Gasteiger partial charge in [0.05, 0.1) is 21.2 Å². The Labute approximate surface area is 125 Å². The van der Waals surface area contributed by atoms with Gasteiger partial charge in [-0.1, -0.05) is 23.7 Å². The molecule has 0 radical (unpaired) electrons. The van der Waals surface area contributed by atoms with Crippen molar-refractivity contribution in [2.75, 3.05) is 0 Å². The summed E-state index contributed by atoms with van der Waals surface area (Å²) in [6.45, 7) is 3.93. The van der Waals surface area contributed by atoms with Crippen LogP contribution in [-0.2, 0) is 0 Å². The van der Waals surface area contributed by atoms with Crippen molar-refractivity contribution in [2.24, 2.45) is 0 Å². The summed E-state index contributed by atoms with van der Waals surface area (Å²) in [6.07, 6.45) is 0.0492. The normalized spacial score (nSPS) is 11.4. The van der Waals surface area contributed by atoms with Gasteiger partial charge in [0.2, 0.25) is 0 Å². The summed E-state index contributed by atoms with van der Waals surface area (Å²) < 4.78 is 7.56. The Kier molecular flexibility index (Phi) is 3.40. The van der Waals surface area contributed by atoms with E-state index < -0.39 is 0 Å². The molecule has 4 heteroatoms. The Bertz CT molecular complexity index is 852. The van der Waals surface area contributed by atoms with Gasteiger partial charge in [-0.15, -0.1) is 11.3 Å². The van der Waals surface area contributed by atoms with Crippen LogP contribution in [0.5, 0.6) is 5.75 Å². The molecule has 0 saturated heterocycles. The highest BCUT2D eigenvalue weighted by molar-refractivity contribution is 7.25. The van der Waals surface area contributed by atoms with E-state index in [-0.39, 0.29) is 11.5 Å². The highest BCUT2D eigenvalue weighted by Gasteiger charge is 2.14. The third-order valence-electron chi connectivity index (χ3n) is 3.00. The monoisotopic (exact) mass is 304 g/mol. The molecule has 0 aliphatic carbocycles. The molecule has 0 atom stereocenters. The second-order valence-corrected chi connectivity index (χ2v) is 6.30. The number of hydrogen-bond acceptors (Lipinski definition) is 3. The fraction of sp³-hybridized carbons (Fsp3) is 0.188. The fourth-order valence-corrected chi connectivity index (χ4v) is 3.65. The molecule has 2 nitrogen and oxygen atoms in total. The summed E-state index contributed by atoms with van der Waals surface area (Å²) in [5.41, 5.74) is -0.0337. The first-order chi connectivity index (χ1) is 9.58. The van der Waals surface area contributed by atoms with Crippen molar-refractivity contribution in [3.8, 4) is 5.75 Å². The smallest absolute Gasteiger partial charge is 0.197 e. The van der Waals surface area contributed by atoms with Gasteiger partial charge in [0, 0.05) is 10.1 Å². The maximum absolute atomic E-state index is 12.6. The molecule has 3 rings (SSSR count). The summed E-state index contributed by atoms with van der Waals surface area (Å²) in [5.74, 6) is 0.715. The predicted molar refractivity (Wildman–Crippen MR) is 86.4 cm³/mol. The number of rotatable bonds is 2. The van der Waals surface area contributed by atoms with Crippen LogP contribution in [0.2, 0.25) is 5.02 Å². The van der Waals surface area contributed by atoms with Crippen molar-refractivity contribution >= 4 is 43.1 Å². The SMILES string of the molecule is CC(C)Oc1ccc(Cl)c2c(=O)c3ccccc3sc12. The highest BCUT2D eigenvalue weighted by atomic mass is 35.5. The summed E-state index contributed by atoms with van der Waals surface area (Å²) in [6, 6.07) is 11.1. The average molecular weight is 305 g/mol. The first-order valence-electron chi connectivity index (χ1n) is 6.38. The fourth-order valence-electron chi connectivity index (χ4n) is 2.19. The molecule has 0 amide bonds. The molecule has 0 fully saturated rings. The van der Waals surface area contributed by atoms with Crippen molar-refractivity contribution in [2.45, 2.75) is 20.0 Å². The molecule has 0 bridgehead atoms. The Hall–Kier alpha value is -1.58. The number of halogens is 1. The van der Waals surface area contributed by atoms with E-state index in [0.717, 1.165) is 9.40 Å². The lowest BCUT2D eigenvalue weighted by molar-refractivity contribution is 0.246. The summed E-state index contributed by atoms with van der Waals surface area (Å²) in [5, 5.41) is 1.73. The zero-order chi connectivity index (χ0) is 14.3. The largest absolute Gasteiger partial charge is 0.490 e. The number of fused-ring (bicyclic) bond motifs is 2. The maximum Gasteiger partial charge on any atom is 0.197 e. The Morgan fingerprint density at radius 1 is 1.15 bits per heavy atom. The van der Waals surface area contributed by atoms with Crippen LogP contribution in [0.3, 0.4) is 0 Å². The van der Waals surface area contributed by atoms with E-state index in [1.807, 2.05) is 44.2 Å². The van der Waals surface area contributed by atoms with Crippen molar-refractivity contribution in [3.63, 3.8) is 0 Å². The molecule has 0 N–H and O–H groups in total. The van der Waals surface area contributed by atoms with Gasteiger partial charge in [0.1, 0.15) is 5.75 Å². The van der Waals surface area contributed by atoms with Gasteiger partial charge in [-0.3, -0.25) is 4.79 Å². The lowest BCUT2D eigenvalue weighted by atomic mass is 10.2. The summed E-state index contributed by atoms with van der Waals surface area (Å²) in [4.78, 5) is 12.6. The van der Waals surface area contributed by atoms with Crippen LogP contribution < -0.4 is 10.2 Å². The van der Waals surface area contributed by atoms with E-state index in [9.17, 15) is 4.79 Å². The number of ether oxygens (including phenoxy) is 1. The quantitative estimate of drug-likeness (QED) is 0.632. The van der Waals surface area contributed by atoms with Gasteiger partial charge < -0.3 is 4.74 Å². The van der Waals surface area contributed by atoms with E-state index in [0.29, 0.717) is 21.5 Å². The number of hydrogen-bond donors (Lipinski definition) is 0. The standard InChI is InChI=1S/C16H13ClO2S/c1-9(2)19-12-8-7-11(17)14-15(18)10-5-3-4-6-13(10)20-16(12)14/h3-9H,1-2H3. The van der Waals surface area contributed by atoms with E-state index in [1.54, 1.807) is 6.07 Å². The third kappa shape index (κ3) is 2.17. The molecule has 0 aliphatic rings. The van der Waals surface area contributed by atoms with Crippen LogP contribution in [0.4, 0.5) is 0 Å². The molecule has 0 spiro atoms. The Morgan fingerprint density at radius 2 is 1.90 bits per heavy atom. The summed E-state index contributed by atoms with van der Waals surface area (Å²) in [7, 11) is 0. The van der Waals surface area contributed by atoms with Gasteiger partial charge in [-0.05, 0) is 38.1 Å². The zero-order valence-corrected chi connectivity index (χ0v) is 12.7. The Morgan fingerprint density at radius 3 is 2.65 bits per heavy atom. The molecular weight excluding hydrogens is 292 g/mol. The van der Waals surface area contributed by atoms with Gasteiger partial charge in [-0.25, -0.2) is 0 Å². The lowest BCUT2D eigenvalue weighted by Crippen LogP contribution is -2.07. The van der Waals surface area contributed by atoms with E-state index in [2.05, 4.69) is 0 Å². The molecule has 1 aromatic heterocycles. The van der Waals surface area contributed by atoms with Crippen molar-refractivity contribution in [3.05, 3.63) is 51.6 Å². The van der Waals surface area contributed by atoms with Gasteiger partial charge >= 0.3 is 0 Å². The molecule has 0 aliphatic heterocycles. The average Bonchev–Trinajstić information content (AvgIpc) is 2.42. The minimum atomic E-state index is -0.0337. The van der Waals surface area contributed by atoms with Crippen molar-refractivity contribution < 1.29 is 4.74 Å². The topological polar surface area (TPSA) is 26.3 Å². The molecule has 20 heavy (non-hydrogen) atoms. The second-order valence-electron chi connectivity index (χ2n) is 4.84. The highest BCUT2D eigenvalue weighted by Crippen LogP contribution is 2.36. The first kappa shape index (κ1) is 13.4. The third-order valence-corrected chi connectivity index (χ3v) is 4.50. The maximum atomic E-state index is 12.6. The van der Waals surface area contributed by atoms with Crippen LogP contribution in [-0.4, -0.2) is 6.10 Å². The van der Waals surface area contributed by atoms with E-state index >= 15 is 0 Å².